The number of nitrogens with one attached hydrogen (secondary N) is 1. The van der Waals surface area contributed by atoms with E-state index in [9.17, 15) is 9.59 Å². The summed E-state index contributed by atoms with van der Waals surface area (Å²) in [6.45, 7) is 5.09. The molecule has 1 aromatic rings. The quantitative estimate of drug-likeness (QED) is 0.819. The molecule has 23 heavy (non-hydrogen) atoms. The standard InChI is InChI=1S/C17H24N2O4/c1-2-23-17(21)18-15(12-14-6-4-3-5-7-14)16(20)13-19-8-10-22-11-9-19/h3-7,15H,2,8-13H2,1H3,(H,18,21)/t15-/m0/s1. The molecule has 1 N–H and O–H groups in total. The number of hydrogen-bond donors (Lipinski definition) is 1. The molecule has 0 aliphatic carbocycles. The number of alkyl carbamates (subject to hydrolysis) is 1. The van der Waals surface area contributed by atoms with Crippen LogP contribution in [0.25, 0.3) is 0 Å². The third-order valence-electron chi connectivity index (χ3n) is 3.72. The Morgan fingerprint density at radius 2 is 1.96 bits per heavy atom. The second-order valence-electron chi connectivity index (χ2n) is 5.46. The number of hydrogen-bond acceptors (Lipinski definition) is 5. The van der Waals surface area contributed by atoms with Crippen LogP contribution in [0.3, 0.4) is 0 Å². The fraction of sp³-hybridized carbons (Fsp3) is 0.529. The summed E-state index contributed by atoms with van der Waals surface area (Å²) >= 11 is 0. The maximum absolute atomic E-state index is 12.6. The first-order chi connectivity index (χ1) is 11.2. The van der Waals surface area contributed by atoms with E-state index in [4.69, 9.17) is 9.47 Å². The first-order valence-corrected chi connectivity index (χ1v) is 7.99. The topological polar surface area (TPSA) is 67.9 Å². The normalized spacial score (nSPS) is 16.6. The summed E-state index contributed by atoms with van der Waals surface area (Å²) in [6.07, 6.45) is -0.0909. The van der Waals surface area contributed by atoms with Crippen LogP contribution >= 0.6 is 0 Å². The molecule has 2 rings (SSSR count). The van der Waals surface area contributed by atoms with Gasteiger partial charge in [-0.2, -0.15) is 0 Å². The summed E-state index contributed by atoms with van der Waals surface area (Å²) in [4.78, 5) is 26.4. The van der Waals surface area contributed by atoms with Gasteiger partial charge in [0.2, 0.25) is 0 Å². The van der Waals surface area contributed by atoms with Crippen LogP contribution in [0.4, 0.5) is 4.79 Å². The Kier molecular flexibility index (Phi) is 7.03. The SMILES string of the molecule is CCOC(=O)N[C@@H](Cc1ccccc1)C(=O)CN1CCOCC1. The van der Waals surface area contributed by atoms with Gasteiger partial charge in [0.1, 0.15) is 0 Å². The van der Waals surface area contributed by atoms with Crippen molar-refractivity contribution >= 4 is 11.9 Å². The number of amides is 1. The van der Waals surface area contributed by atoms with Gasteiger partial charge in [-0.1, -0.05) is 30.3 Å². The highest BCUT2D eigenvalue weighted by Gasteiger charge is 2.24. The van der Waals surface area contributed by atoms with Gasteiger partial charge in [-0.25, -0.2) is 4.79 Å². The molecule has 126 valence electrons. The van der Waals surface area contributed by atoms with Gasteiger partial charge in [0.15, 0.2) is 5.78 Å². The lowest BCUT2D eigenvalue weighted by atomic mass is 10.0. The van der Waals surface area contributed by atoms with E-state index in [0.717, 1.165) is 18.7 Å². The van der Waals surface area contributed by atoms with Crippen molar-refractivity contribution in [3.63, 3.8) is 0 Å². The third-order valence-corrected chi connectivity index (χ3v) is 3.72. The first kappa shape index (κ1) is 17.4. The molecule has 6 nitrogen and oxygen atoms in total. The summed E-state index contributed by atoms with van der Waals surface area (Å²) in [7, 11) is 0. The molecule has 1 aliphatic rings. The second kappa shape index (κ2) is 9.27. The van der Waals surface area contributed by atoms with E-state index in [0.29, 0.717) is 26.2 Å². The van der Waals surface area contributed by atoms with Gasteiger partial charge in [0.25, 0.3) is 0 Å². The summed E-state index contributed by atoms with van der Waals surface area (Å²) in [6, 6.07) is 9.07. The summed E-state index contributed by atoms with van der Waals surface area (Å²) < 4.78 is 10.2. The molecular formula is C17H24N2O4. The maximum Gasteiger partial charge on any atom is 0.407 e. The van der Waals surface area contributed by atoms with Crippen LogP contribution < -0.4 is 5.32 Å². The predicted octanol–water partition coefficient (Wildman–Crippen LogP) is 1.25. The number of carbonyl (C=O) groups excluding carboxylic acids is 2. The van der Waals surface area contributed by atoms with E-state index >= 15 is 0 Å². The number of nitrogens with zero attached hydrogens (tertiary/aromatic N) is 1. The van der Waals surface area contributed by atoms with Gasteiger partial charge in [0, 0.05) is 13.1 Å². The summed E-state index contributed by atoms with van der Waals surface area (Å²) in [5, 5.41) is 2.69. The zero-order valence-electron chi connectivity index (χ0n) is 13.5. The molecule has 1 atom stereocenters. The highest BCUT2D eigenvalue weighted by Crippen LogP contribution is 2.06. The zero-order valence-corrected chi connectivity index (χ0v) is 13.5. The maximum atomic E-state index is 12.6. The number of Topliss-reactive ketones (excluding diaryl/α,β-unsaturated/α-hetero) is 1. The molecule has 1 heterocycles. The van der Waals surface area contributed by atoms with Gasteiger partial charge in [0.05, 0.1) is 32.4 Å². The van der Waals surface area contributed by atoms with Gasteiger partial charge >= 0.3 is 6.09 Å². The van der Waals surface area contributed by atoms with E-state index in [1.165, 1.54) is 0 Å². The van der Waals surface area contributed by atoms with Crippen LogP contribution in [0, 0.1) is 0 Å². The molecule has 0 unspecified atom stereocenters. The second-order valence-corrected chi connectivity index (χ2v) is 5.46. The van der Waals surface area contributed by atoms with Crippen molar-refractivity contribution in [2.75, 3.05) is 39.5 Å². The highest BCUT2D eigenvalue weighted by atomic mass is 16.5. The summed E-state index contributed by atoms with van der Waals surface area (Å²) in [5.74, 6) is -0.0104. The monoisotopic (exact) mass is 320 g/mol. The predicted molar refractivity (Wildman–Crippen MR) is 86.4 cm³/mol. The van der Waals surface area contributed by atoms with Gasteiger partial charge < -0.3 is 14.8 Å². The highest BCUT2D eigenvalue weighted by molar-refractivity contribution is 5.89. The van der Waals surface area contributed by atoms with E-state index < -0.39 is 12.1 Å². The van der Waals surface area contributed by atoms with E-state index in [2.05, 4.69) is 10.2 Å². The lowest BCUT2D eigenvalue weighted by Crippen LogP contribution is -2.48. The number of ketones is 1. The molecule has 0 radical (unpaired) electrons. The van der Waals surface area contributed by atoms with Gasteiger partial charge in [-0.3, -0.25) is 9.69 Å². The Hall–Kier alpha value is -1.92. The number of benzene rings is 1. The molecule has 1 amide bonds. The first-order valence-electron chi connectivity index (χ1n) is 7.99. The van der Waals surface area contributed by atoms with E-state index in [1.807, 2.05) is 30.3 Å². The lowest BCUT2D eigenvalue weighted by Gasteiger charge is -2.27. The van der Waals surface area contributed by atoms with Gasteiger partial charge in [-0.15, -0.1) is 0 Å². The molecule has 0 bridgehead atoms. The number of ether oxygens (including phenoxy) is 2. The molecule has 1 aliphatic heterocycles. The fourth-order valence-corrected chi connectivity index (χ4v) is 2.50. The smallest absolute Gasteiger partial charge is 0.407 e. The van der Waals surface area contributed by atoms with Crippen molar-refractivity contribution in [3.05, 3.63) is 35.9 Å². The molecular weight excluding hydrogens is 296 g/mol. The summed E-state index contributed by atoms with van der Waals surface area (Å²) in [5.41, 5.74) is 1.00. The van der Waals surface area contributed by atoms with E-state index in [-0.39, 0.29) is 12.4 Å². The Labute approximate surface area is 136 Å². The average molecular weight is 320 g/mol. The average Bonchev–Trinajstić information content (AvgIpc) is 2.56. The minimum Gasteiger partial charge on any atom is -0.450 e. The van der Waals surface area contributed by atoms with E-state index in [1.54, 1.807) is 6.92 Å². The molecule has 1 saturated heterocycles. The van der Waals surface area contributed by atoms with Crippen molar-refractivity contribution in [2.24, 2.45) is 0 Å². The van der Waals surface area contributed by atoms with Crippen molar-refractivity contribution in [3.8, 4) is 0 Å². The van der Waals surface area contributed by atoms with Crippen LogP contribution in [0.5, 0.6) is 0 Å². The van der Waals surface area contributed by atoms with Crippen molar-refractivity contribution < 1.29 is 19.1 Å². The molecule has 0 saturated carbocycles. The Morgan fingerprint density at radius 1 is 1.26 bits per heavy atom. The molecule has 6 heteroatoms. The van der Waals surface area contributed by atoms with Crippen molar-refractivity contribution in [1.29, 1.82) is 0 Å². The molecule has 1 aromatic carbocycles. The number of morpholine rings is 1. The van der Waals surface area contributed by atoms with Gasteiger partial charge in [-0.05, 0) is 18.9 Å². The van der Waals surface area contributed by atoms with Crippen molar-refractivity contribution in [2.45, 2.75) is 19.4 Å². The van der Waals surface area contributed by atoms with Crippen LogP contribution in [-0.4, -0.2) is 62.3 Å². The third kappa shape index (κ3) is 6.00. The van der Waals surface area contributed by atoms with Crippen LogP contribution in [-0.2, 0) is 20.7 Å². The Balaban J connectivity index is 1.98. The molecule has 0 aromatic heterocycles. The Bertz CT molecular complexity index is 501. The van der Waals surface area contributed by atoms with Crippen LogP contribution in [0.2, 0.25) is 0 Å². The minimum absolute atomic E-state index is 0.0104. The lowest BCUT2D eigenvalue weighted by molar-refractivity contribution is -0.123. The fourth-order valence-electron chi connectivity index (χ4n) is 2.50. The minimum atomic E-state index is -0.584. The molecule has 0 spiro atoms. The number of carbonyl (C=O) groups is 2. The van der Waals surface area contributed by atoms with Crippen molar-refractivity contribution in [1.82, 2.24) is 10.2 Å². The zero-order chi connectivity index (χ0) is 16.5. The van der Waals surface area contributed by atoms with Crippen LogP contribution in [0.15, 0.2) is 30.3 Å². The molecule has 1 fully saturated rings. The largest absolute Gasteiger partial charge is 0.450 e. The Morgan fingerprint density at radius 3 is 2.61 bits per heavy atom. The van der Waals surface area contributed by atoms with Crippen LogP contribution in [0.1, 0.15) is 12.5 Å². The number of rotatable bonds is 7.